The van der Waals surface area contributed by atoms with Gasteiger partial charge in [0.25, 0.3) is 0 Å². The predicted molar refractivity (Wildman–Crippen MR) is 90.8 cm³/mol. The first-order chi connectivity index (χ1) is 12.5. The molecule has 0 aliphatic heterocycles. The van der Waals surface area contributed by atoms with Gasteiger partial charge in [0, 0.05) is 0 Å². The van der Waals surface area contributed by atoms with E-state index in [0.29, 0.717) is 5.56 Å². The molecule has 0 radical (unpaired) electrons. The number of benzene rings is 2. The van der Waals surface area contributed by atoms with Crippen LogP contribution in [0.3, 0.4) is 0 Å². The van der Waals surface area contributed by atoms with Crippen molar-refractivity contribution in [2.45, 2.75) is 31.2 Å². The van der Waals surface area contributed by atoms with Crippen molar-refractivity contribution in [2.75, 3.05) is 5.75 Å². The highest BCUT2D eigenvalue weighted by atomic mass is 32.2. The molecule has 0 N–H and O–H groups in total. The first-order valence-corrected chi connectivity index (χ1v) is 9.50. The van der Waals surface area contributed by atoms with E-state index in [1.165, 1.54) is 24.3 Å². The van der Waals surface area contributed by atoms with Gasteiger partial charge in [-0.2, -0.15) is 0 Å². The van der Waals surface area contributed by atoms with Crippen LogP contribution >= 0.6 is 0 Å². The van der Waals surface area contributed by atoms with Crippen molar-refractivity contribution >= 4 is 15.8 Å². The van der Waals surface area contributed by atoms with E-state index in [1.807, 2.05) is 6.92 Å². The molecule has 146 valence electrons. The van der Waals surface area contributed by atoms with Crippen molar-refractivity contribution in [3.63, 3.8) is 0 Å². The molecule has 0 amide bonds. The molecule has 0 bridgehead atoms. The Morgan fingerprint density at radius 3 is 2.15 bits per heavy atom. The Hall–Kier alpha value is -2.55. The van der Waals surface area contributed by atoms with Gasteiger partial charge >= 0.3 is 12.3 Å². The number of carbonyl (C=O) groups excluding carboxylic acids is 1. The highest BCUT2D eigenvalue weighted by Gasteiger charge is 2.30. The minimum atomic E-state index is -4.78. The van der Waals surface area contributed by atoms with Crippen LogP contribution in [0.4, 0.5) is 13.2 Å². The van der Waals surface area contributed by atoms with Gasteiger partial charge in [0.2, 0.25) is 0 Å². The van der Waals surface area contributed by atoms with E-state index in [-0.39, 0.29) is 23.7 Å². The minimum absolute atomic E-state index is 0.126. The molecule has 2 aromatic rings. The fourth-order valence-electron chi connectivity index (χ4n) is 2.10. The van der Waals surface area contributed by atoms with Crippen LogP contribution in [0, 0.1) is 6.92 Å². The molecule has 0 aliphatic carbocycles. The molecular formula is C18H17F3O5S. The molecule has 0 aromatic heterocycles. The van der Waals surface area contributed by atoms with Crippen molar-refractivity contribution in [3.05, 3.63) is 59.7 Å². The Bertz CT molecular complexity index is 873. The number of sulfone groups is 1. The minimum Gasteiger partial charge on any atom is -0.461 e. The van der Waals surface area contributed by atoms with E-state index in [1.54, 1.807) is 12.1 Å². The predicted octanol–water partition coefficient (Wildman–Crippen LogP) is 3.80. The lowest BCUT2D eigenvalue weighted by atomic mass is 10.2. The van der Waals surface area contributed by atoms with Crippen molar-refractivity contribution in [1.29, 1.82) is 0 Å². The van der Waals surface area contributed by atoms with Crippen molar-refractivity contribution in [2.24, 2.45) is 0 Å². The molecular weight excluding hydrogens is 385 g/mol. The summed E-state index contributed by atoms with van der Waals surface area (Å²) in [6, 6.07) is 11.1. The Labute approximate surface area is 154 Å². The van der Waals surface area contributed by atoms with Crippen LogP contribution in [0.2, 0.25) is 0 Å². The van der Waals surface area contributed by atoms with Crippen LogP contribution in [0.5, 0.6) is 5.75 Å². The van der Waals surface area contributed by atoms with Crippen molar-refractivity contribution < 1.29 is 35.9 Å². The molecule has 9 heteroatoms. The summed E-state index contributed by atoms with van der Waals surface area (Å²) in [7, 11) is -3.60. The third-order valence-electron chi connectivity index (χ3n) is 3.51. The maximum Gasteiger partial charge on any atom is 0.573 e. The summed E-state index contributed by atoms with van der Waals surface area (Å²) in [5, 5.41) is 0. The number of hydrogen-bond acceptors (Lipinski definition) is 5. The first-order valence-electron chi connectivity index (χ1n) is 7.85. The molecule has 0 heterocycles. The van der Waals surface area contributed by atoms with E-state index in [2.05, 4.69) is 4.74 Å². The topological polar surface area (TPSA) is 69.7 Å². The Morgan fingerprint density at radius 2 is 1.59 bits per heavy atom. The van der Waals surface area contributed by atoms with Crippen molar-refractivity contribution in [3.8, 4) is 5.75 Å². The normalized spacial score (nSPS) is 11.9. The number of carbonyl (C=O) groups is 1. The molecule has 0 spiro atoms. The molecule has 0 unspecified atom stereocenters. The maximum atomic E-state index is 12.2. The fourth-order valence-corrected chi connectivity index (χ4v) is 3.33. The fraction of sp³-hybridized carbons (Fsp3) is 0.278. The van der Waals surface area contributed by atoms with E-state index in [0.717, 1.165) is 17.7 Å². The lowest BCUT2D eigenvalue weighted by Gasteiger charge is -2.09. The van der Waals surface area contributed by atoms with Crippen molar-refractivity contribution in [1.82, 2.24) is 0 Å². The standard InChI is InChI=1S/C18H17F3O5S/c1-13-2-8-16(9-3-13)27(23,24)11-10-17(22)25-12-14-4-6-15(7-5-14)26-18(19,20)21/h2-9H,10-12H2,1H3. The maximum absolute atomic E-state index is 12.2. The molecule has 0 aliphatic rings. The number of ether oxygens (including phenoxy) is 2. The second-order valence-corrected chi connectivity index (χ2v) is 7.84. The van der Waals surface area contributed by atoms with Crippen LogP contribution < -0.4 is 4.74 Å². The smallest absolute Gasteiger partial charge is 0.461 e. The lowest BCUT2D eigenvalue weighted by molar-refractivity contribution is -0.274. The third kappa shape index (κ3) is 6.93. The van der Waals surface area contributed by atoms with Gasteiger partial charge in [0.1, 0.15) is 12.4 Å². The van der Waals surface area contributed by atoms with Crippen LogP contribution in [0.25, 0.3) is 0 Å². The molecule has 0 fully saturated rings. The summed E-state index contributed by atoms with van der Waals surface area (Å²) in [6.45, 7) is 1.64. The highest BCUT2D eigenvalue weighted by Crippen LogP contribution is 2.23. The number of rotatable bonds is 7. The molecule has 2 rings (SSSR count). The molecule has 0 saturated heterocycles. The number of alkyl halides is 3. The summed E-state index contributed by atoms with van der Waals surface area (Å²) in [5.41, 5.74) is 1.36. The van der Waals surface area contributed by atoms with Gasteiger partial charge in [-0.3, -0.25) is 4.79 Å². The van der Waals surface area contributed by atoms with Crippen LogP contribution in [-0.4, -0.2) is 26.5 Å². The first kappa shape index (κ1) is 20.8. The number of hydrogen-bond donors (Lipinski definition) is 0. The quantitative estimate of drug-likeness (QED) is 0.659. The third-order valence-corrected chi connectivity index (χ3v) is 5.24. The summed E-state index contributed by atoms with van der Waals surface area (Å²) in [4.78, 5) is 11.9. The van der Waals surface area contributed by atoms with E-state index in [9.17, 15) is 26.4 Å². The zero-order valence-corrected chi connectivity index (χ0v) is 15.1. The molecule has 0 saturated carbocycles. The van der Waals surface area contributed by atoms with Gasteiger partial charge in [-0.15, -0.1) is 13.2 Å². The van der Waals surface area contributed by atoms with Crippen LogP contribution in [0.15, 0.2) is 53.4 Å². The highest BCUT2D eigenvalue weighted by molar-refractivity contribution is 7.91. The van der Waals surface area contributed by atoms with E-state index < -0.39 is 27.9 Å². The lowest BCUT2D eigenvalue weighted by Crippen LogP contribution is -2.17. The summed E-state index contributed by atoms with van der Waals surface area (Å²) in [6.07, 6.45) is -5.11. The summed E-state index contributed by atoms with van der Waals surface area (Å²) < 4.78 is 69.2. The van der Waals surface area contributed by atoms with E-state index in [4.69, 9.17) is 4.74 Å². The zero-order chi connectivity index (χ0) is 20.1. The average Bonchev–Trinajstić information content (AvgIpc) is 2.58. The largest absolute Gasteiger partial charge is 0.573 e. The van der Waals surface area contributed by atoms with Gasteiger partial charge in [0.05, 0.1) is 17.1 Å². The Kier molecular flexibility index (Phi) is 6.48. The second kappa shape index (κ2) is 8.43. The van der Waals surface area contributed by atoms with E-state index >= 15 is 0 Å². The average molecular weight is 402 g/mol. The molecule has 5 nitrogen and oxygen atoms in total. The van der Waals surface area contributed by atoms with Gasteiger partial charge in [-0.25, -0.2) is 8.42 Å². The molecule has 2 aromatic carbocycles. The second-order valence-electron chi connectivity index (χ2n) is 5.73. The van der Waals surface area contributed by atoms with Gasteiger partial charge in [-0.1, -0.05) is 29.8 Å². The molecule has 27 heavy (non-hydrogen) atoms. The SMILES string of the molecule is Cc1ccc(S(=O)(=O)CCC(=O)OCc2ccc(OC(F)(F)F)cc2)cc1. The number of aryl methyl sites for hydroxylation is 1. The monoisotopic (exact) mass is 402 g/mol. The van der Waals surface area contributed by atoms with Crippen LogP contribution in [0.1, 0.15) is 17.5 Å². The number of esters is 1. The molecule has 0 atom stereocenters. The Balaban J connectivity index is 1.83. The number of halogens is 3. The summed E-state index contributed by atoms with van der Waals surface area (Å²) in [5.74, 6) is -1.50. The Morgan fingerprint density at radius 1 is 1.00 bits per heavy atom. The zero-order valence-electron chi connectivity index (χ0n) is 14.3. The van der Waals surface area contributed by atoms with Crippen LogP contribution in [-0.2, 0) is 26.0 Å². The van der Waals surface area contributed by atoms with Gasteiger partial charge in [0.15, 0.2) is 9.84 Å². The van der Waals surface area contributed by atoms with Gasteiger partial charge in [-0.05, 0) is 36.8 Å². The van der Waals surface area contributed by atoms with Gasteiger partial charge < -0.3 is 9.47 Å². The summed E-state index contributed by atoms with van der Waals surface area (Å²) >= 11 is 0.